The lowest BCUT2D eigenvalue weighted by Gasteiger charge is -2.23. The molecule has 1 aromatic heterocycles. The van der Waals surface area contributed by atoms with Crippen molar-refractivity contribution in [2.24, 2.45) is 0 Å². The maximum Gasteiger partial charge on any atom is 0.265 e. The molecule has 2 aromatic rings. The topological polar surface area (TPSA) is 76.1 Å². The zero-order valence-corrected chi connectivity index (χ0v) is 11.6. The molecule has 0 spiro atoms. The average Bonchev–Trinajstić information content (AvgIpc) is 2.44. The number of hydrogen-bond donors (Lipinski definition) is 2. The molecule has 8 heteroatoms. The number of nitrogens with zero attached hydrogens (tertiary/aromatic N) is 2. The monoisotopic (exact) mass is 308 g/mol. The first-order valence-electron chi connectivity index (χ1n) is 6.09. The Morgan fingerprint density at radius 1 is 1.48 bits per heavy atom. The Labute approximate surface area is 124 Å². The maximum atomic E-state index is 13.6. The van der Waals surface area contributed by atoms with Crippen molar-refractivity contribution in [1.82, 2.24) is 9.97 Å². The van der Waals surface area contributed by atoms with Gasteiger partial charge in [0.15, 0.2) is 17.7 Å². The molecule has 0 unspecified atom stereocenters. The fourth-order valence-electron chi connectivity index (χ4n) is 1.86. The molecular formula is C13H10ClFN4O2. The van der Waals surface area contributed by atoms with Crippen LogP contribution in [-0.4, -0.2) is 22.0 Å². The van der Waals surface area contributed by atoms with Crippen molar-refractivity contribution in [2.75, 3.05) is 10.6 Å². The summed E-state index contributed by atoms with van der Waals surface area (Å²) in [6, 6.07) is 4.97. The first-order chi connectivity index (χ1) is 10.0. The van der Waals surface area contributed by atoms with Crippen LogP contribution in [0.5, 0.6) is 5.75 Å². The largest absolute Gasteiger partial charge is 0.479 e. The van der Waals surface area contributed by atoms with E-state index >= 15 is 0 Å². The molecule has 0 saturated carbocycles. The second kappa shape index (κ2) is 5.17. The number of amides is 1. The van der Waals surface area contributed by atoms with Crippen LogP contribution >= 0.6 is 11.6 Å². The Morgan fingerprint density at radius 2 is 2.29 bits per heavy atom. The normalized spacial score (nSPS) is 16.7. The van der Waals surface area contributed by atoms with Crippen LogP contribution in [0.4, 0.5) is 21.6 Å². The number of nitrogens with one attached hydrogen (secondary N) is 2. The Hall–Kier alpha value is -2.41. The van der Waals surface area contributed by atoms with Gasteiger partial charge in [0.25, 0.3) is 5.91 Å². The molecule has 2 N–H and O–H groups in total. The lowest BCUT2D eigenvalue weighted by atomic mass is 10.2. The molecule has 3 rings (SSSR count). The van der Waals surface area contributed by atoms with Crippen molar-refractivity contribution in [3.63, 3.8) is 0 Å². The van der Waals surface area contributed by atoms with Gasteiger partial charge in [-0.2, -0.15) is 4.98 Å². The van der Waals surface area contributed by atoms with Gasteiger partial charge in [-0.1, -0.05) is 0 Å². The van der Waals surface area contributed by atoms with Crippen molar-refractivity contribution >= 4 is 34.7 Å². The van der Waals surface area contributed by atoms with Gasteiger partial charge in [0.1, 0.15) is 5.75 Å². The third kappa shape index (κ3) is 2.73. The number of carbonyl (C=O) groups is 1. The summed E-state index contributed by atoms with van der Waals surface area (Å²) in [6.07, 6.45) is 0.428. The Kier molecular flexibility index (Phi) is 3.34. The van der Waals surface area contributed by atoms with Crippen LogP contribution in [0.25, 0.3) is 0 Å². The lowest BCUT2D eigenvalue weighted by Crippen LogP contribution is -2.34. The molecule has 1 atom stereocenters. The minimum absolute atomic E-state index is 0.0497. The molecule has 6 nitrogen and oxygen atoms in total. The molecule has 1 aromatic carbocycles. The number of halogens is 2. The van der Waals surface area contributed by atoms with Gasteiger partial charge in [-0.25, -0.2) is 9.37 Å². The lowest BCUT2D eigenvalue weighted by molar-refractivity contribution is -0.122. The van der Waals surface area contributed by atoms with E-state index in [0.29, 0.717) is 17.1 Å². The van der Waals surface area contributed by atoms with Crippen molar-refractivity contribution < 1.29 is 13.9 Å². The predicted octanol–water partition coefficient (Wildman–Crippen LogP) is 2.73. The van der Waals surface area contributed by atoms with Crippen LogP contribution in [0.1, 0.15) is 6.92 Å². The van der Waals surface area contributed by atoms with Crippen LogP contribution < -0.4 is 15.4 Å². The minimum atomic E-state index is -0.633. The van der Waals surface area contributed by atoms with E-state index in [4.69, 9.17) is 16.3 Å². The Morgan fingerprint density at radius 3 is 3.10 bits per heavy atom. The molecule has 0 aliphatic carbocycles. The molecule has 0 saturated heterocycles. The Bertz CT molecular complexity index is 725. The first kappa shape index (κ1) is 13.6. The average molecular weight is 309 g/mol. The fourth-order valence-corrected chi connectivity index (χ4v) is 1.99. The molecule has 0 fully saturated rings. The number of fused-ring (bicyclic) bond motifs is 1. The van der Waals surface area contributed by atoms with Crippen LogP contribution in [0, 0.1) is 5.82 Å². The van der Waals surface area contributed by atoms with E-state index in [0.717, 1.165) is 6.20 Å². The van der Waals surface area contributed by atoms with E-state index < -0.39 is 11.9 Å². The van der Waals surface area contributed by atoms with Gasteiger partial charge in [-0.3, -0.25) is 4.79 Å². The molecule has 2 heterocycles. The van der Waals surface area contributed by atoms with E-state index in [1.807, 2.05) is 0 Å². The third-order valence-corrected chi connectivity index (χ3v) is 3.07. The molecule has 0 bridgehead atoms. The quantitative estimate of drug-likeness (QED) is 0.834. The molecule has 1 aliphatic rings. The van der Waals surface area contributed by atoms with E-state index in [2.05, 4.69) is 20.6 Å². The number of aromatic nitrogens is 2. The Balaban J connectivity index is 1.89. The number of anilines is 3. The number of rotatable bonds is 2. The second-order valence-corrected chi connectivity index (χ2v) is 4.76. The van der Waals surface area contributed by atoms with Crippen molar-refractivity contribution in [3.8, 4) is 5.75 Å². The summed E-state index contributed by atoms with van der Waals surface area (Å²) < 4.78 is 19.0. The summed E-state index contributed by atoms with van der Waals surface area (Å²) in [4.78, 5) is 18.9. The van der Waals surface area contributed by atoms with Crippen LogP contribution in [0.3, 0.4) is 0 Å². The highest BCUT2D eigenvalue weighted by Gasteiger charge is 2.23. The van der Waals surface area contributed by atoms with Gasteiger partial charge in [-0.15, -0.1) is 0 Å². The van der Waals surface area contributed by atoms with Gasteiger partial charge < -0.3 is 15.4 Å². The maximum absolute atomic E-state index is 13.6. The smallest absolute Gasteiger partial charge is 0.265 e. The molecule has 0 radical (unpaired) electrons. The van der Waals surface area contributed by atoms with E-state index in [1.54, 1.807) is 25.1 Å². The number of benzene rings is 1. The SMILES string of the molecule is C[C@@H]1Oc2ccc(Nc3nc(Cl)ncc3F)cc2NC1=O. The molecule has 1 aliphatic heterocycles. The molecule has 1 amide bonds. The van der Waals surface area contributed by atoms with Crippen molar-refractivity contribution in [3.05, 3.63) is 35.5 Å². The van der Waals surface area contributed by atoms with Gasteiger partial charge in [0.05, 0.1) is 11.9 Å². The second-order valence-electron chi connectivity index (χ2n) is 4.42. The summed E-state index contributed by atoms with van der Waals surface area (Å²) in [5.41, 5.74) is 1.03. The summed E-state index contributed by atoms with van der Waals surface area (Å²) in [5, 5.41) is 5.41. The molecule has 108 valence electrons. The van der Waals surface area contributed by atoms with E-state index in [-0.39, 0.29) is 17.0 Å². The predicted molar refractivity (Wildman–Crippen MR) is 75.4 cm³/mol. The summed E-state index contributed by atoms with van der Waals surface area (Å²) >= 11 is 5.63. The molecule has 21 heavy (non-hydrogen) atoms. The first-order valence-corrected chi connectivity index (χ1v) is 6.47. The van der Waals surface area contributed by atoms with Crippen LogP contribution in [-0.2, 0) is 4.79 Å². The highest BCUT2D eigenvalue weighted by molar-refractivity contribution is 6.28. The zero-order valence-electron chi connectivity index (χ0n) is 10.9. The van der Waals surface area contributed by atoms with E-state index in [9.17, 15) is 9.18 Å². The number of hydrogen-bond acceptors (Lipinski definition) is 5. The van der Waals surface area contributed by atoms with Crippen molar-refractivity contribution in [1.29, 1.82) is 0 Å². The van der Waals surface area contributed by atoms with Crippen LogP contribution in [0.15, 0.2) is 24.4 Å². The summed E-state index contributed by atoms with van der Waals surface area (Å²) in [5.74, 6) is -0.373. The molecular weight excluding hydrogens is 299 g/mol. The summed E-state index contributed by atoms with van der Waals surface area (Å²) in [7, 11) is 0. The zero-order chi connectivity index (χ0) is 15.0. The highest BCUT2D eigenvalue weighted by atomic mass is 35.5. The van der Waals surface area contributed by atoms with Gasteiger partial charge in [0, 0.05) is 5.69 Å². The van der Waals surface area contributed by atoms with Gasteiger partial charge >= 0.3 is 0 Å². The van der Waals surface area contributed by atoms with Gasteiger partial charge in [0.2, 0.25) is 5.28 Å². The fraction of sp³-hybridized carbons (Fsp3) is 0.154. The summed E-state index contributed by atoms with van der Waals surface area (Å²) in [6.45, 7) is 1.66. The van der Waals surface area contributed by atoms with E-state index in [1.165, 1.54) is 0 Å². The third-order valence-electron chi connectivity index (χ3n) is 2.89. The van der Waals surface area contributed by atoms with Gasteiger partial charge in [-0.05, 0) is 36.7 Å². The number of ether oxygens (including phenoxy) is 1. The van der Waals surface area contributed by atoms with Crippen molar-refractivity contribution in [2.45, 2.75) is 13.0 Å². The highest BCUT2D eigenvalue weighted by Crippen LogP contribution is 2.33. The van der Waals surface area contributed by atoms with Crippen LogP contribution in [0.2, 0.25) is 5.28 Å². The number of carbonyl (C=O) groups excluding carboxylic acids is 1. The standard InChI is InChI=1S/C13H10ClFN4O2/c1-6-12(20)18-9-4-7(2-3-10(9)21-6)17-11-8(15)5-16-13(14)19-11/h2-6H,1H3,(H,18,20)(H,16,17,19)/t6-/m0/s1. The minimum Gasteiger partial charge on any atom is -0.479 e.